The van der Waals surface area contributed by atoms with E-state index in [0.29, 0.717) is 36.7 Å². The van der Waals surface area contributed by atoms with Gasteiger partial charge in [-0.1, -0.05) is 29.3 Å². The van der Waals surface area contributed by atoms with Crippen LogP contribution in [0.4, 0.5) is 9.18 Å². The van der Waals surface area contributed by atoms with Gasteiger partial charge in [-0.05, 0) is 45.7 Å². The molecule has 1 amide bonds. The van der Waals surface area contributed by atoms with E-state index in [1.54, 1.807) is 24.1 Å². The number of hydrogen-bond donors (Lipinski definition) is 0. The number of benzene rings is 1. The Labute approximate surface area is 159 Å². The number of halogens is 2. The number of carbonyl (C=O) groups is 1. The Hall–Kier alpha value is -1.59. The van der Waals surface area contributed by atoms with Crippen LogP contribution in [0.3, 0.4) is 0 Å². The van der Waals surface area contributed by atoms with Crippen molar-refractivity contribution in [1.29, 1.82) is 0 Å². The number of likely N-dealkylation sites (tertiary alicyclic amines) is 1. The molecule has 144 valence electrons. The number of nitrogens with zero attached hydrogens (tertiary/aromatic N) is 1. The molecule has 4 nitrogen and oxygen atoms in total. The number of hydrogen-bond acceptors (Lipinski definition) is 3. The van der Waals surface area contributed by atoms with Gasteiger partial charge in [0.1, 0.15) is 11.4 Å². The molecule has 1 fully saturated rings. The van der Waals surface area contributed by atoms with Gasteiger partial charge in [0.2, 0.25) is 0 Å². The van der Waals surface area contributed by atoms with Crippen LogP contribution in [0.1, 0.15) is 39.2 Å². The number of ether oxygens (including phenoxy) is 2. The van der Waals surface area contributed by atoms with Crippen LogP contribution in [0.15, 0.2) is 23.8 Å². The fourth-order valence-electron chi connectivity index (χ4n) is 2.98. The van der Waals surface area contributed by atoms with Gasteiger partial charge in [0.05, 0.1) is 0 Å². The fourth-order valence-corrected chi connectivity index (χ4v) is 3.14. The van der Waals surface area contributed by atoms with Gasteiger partial charge in [-0.15, -0.1) is 0 Å². The summed E-state index contributed by atoms with van der Waals surface area (Å²) in [4.78, 5) is 14.1. The third kappa shape index (κ3) is 5.99. The molecule has 0 bridgehead atoms. The molecule has 1 aliphatic rings. The van der Waals surface area contributed by atoms with Crippen molar-refractivity contribution in [3.8, 4) is 0 Å². The molecular formula is C20H27ClFNO3. The topological polar surface area (TPSA) is 38.8 Å². The first-order chi connectivity index (χ1) is 12.2. The number of carbonyl (C=O) groups excluding carboxylic acids is 1. The SMILES string of the molecule is COCCC1CN(C(=O)OC(C)(C)C)CC/C1=C/c1ccc(Cl)cc1F. The summed E-state index contributed by atoms with van der Waals surface area (Å²) < 4.78 is 24.8. The summed E-state index contributed by atoms with van der Waals surface area (Å²) in [5.74, 6) is -0.239. The minimum Gasteiger partial charge on any atom is -0.444 e. The summed E-state index contributed by atoms with van der Waals surface area (Å²) in [5.41, 5.74) is 1.10. The van der Waals surface area contributed by atoms with Gasteiger partial charge < -0.3 is 14.4 Å². The van der Waals surface area contributed by atoms with Crippen LogP contribution in [0, 0.1) is 11.7 Å². The molecule has 1 heterocycles. The van der Waals surface area contributed by atoms with Crippen molar-refractivity contribution in [3.05, 3.63) is 40.2 Å². The van der Waals surface area contributed by atoms with E-state index in [9.17, 15) is 9.18 Å². The molecule has 0 spiro atoms. The van der Waals surface area contributed by atoms with Crippen LogP contribution in [0.2, 0.25) is 5.02 Å². The molecule has 1 saturated heterocycles. The molecule has 0 saturated carbocycles. The number of methoxy groups -OCH3 is 1. The van der Waals surface area contributed by atoms with Gasteiger partial charge in [0, 0.05) is 43.3 Å². The molecule has 26 heavy (non-hydrogen) atoms. The maximum absolute atomic E-state index is 14.1. The number of amides is 1. The van der Waals surface area contributed by atoms with Gasteiger partial charge in [0.15, 0.2) is 0 Å². The van der Waals surface area contributed by atoms with Crippen LogP contribution in [0.25, 0.3) is 6.08 Å². The Morgan fingerprint density at radius 3 is 2.77 bits per heavy atom. The lowest BCUT2D eigenvalue weighted by atomic mass is 9.88. The predicted octanol–water partition coefficient (Wildman–Crippen LogP) is 5.16. The highest BCUT2D eigenvalue weighted by Crippen LogP contribution is 2.30. The van der Waals surface area contributed by atoms with Crippen molar-refractivity contribution in [1.82, 2.24) is 4.90 Å². The van der Waals surface area contributed by atoms with E-state index in [-0.39, 0.29) is 17.8 Å². The van der Waals surface area contributed by atoms with Crippen LogP contribution in [-0.4, -0.2) is 43.4 Å². The first kappa shape index (κ1) is 20.7. The minimum absolute atomic E-state index is 0.103. The second-order valence-corrected chi connectivity index (χ2v) is 7.98. The van der Waals surface area contributed by atoms with Crippen molar-refractivity contribution in [2.24, 2.45) is 5.92 Å². The van der Waals surface area contributed by atoms with Gasteiger partial charge >= 0.3 is 6.09 Å². The predicted molar refractivity (Wildman–Crippen MR) is 102 cm³/mol. The Balaban J connectivity index is 2.17. The average molecular weight is 384 g/mol. The molecule has 0 radical (unpaired) electrons. The van der Waals surface area contributed by atoms with Crippen LogP contribution in [-0.2, 0) is 9.47 Å². The Morgan fingerprint density at radius 2 is 2.15 bits per heavy atom. The number of piperidine rings is 1. The highest BCUT2D eigenvalue weighted by molar-refractivity contribution is 6.30. The van der Waals surface area contributed by atoms with E-state index in [1.165, 1.54) is 6.07 Å². The lowest BCUT2D eigenvalue weighted by Gasteiger charge is -2.36. The van der Waals surface area contributed by atoms with Crippen molar-refractivity contribution in [3.63, 3.8) is 0 Å². The Bertz CT molecular complexity index is 670. The van der Waals surface area contributed by atoms with Crippen LogP contribution in [0.5, 0.6) is 0 Å². The van der Waals surface area contributed by atoms with Crippen LogP contribution >= 0.6 is 11.6 Å². The molecule has 1 aliphatic heterocycles. The monoisotopic (exact) mass is 383 g/mol. The summed E-state index contributed by atoms with van der Waals surface area (Å²) in [5, 5.41) is 0.375. The second-order valence-electron chi connectivity index (χ2n) is 7.54. The molecule has 6 heteroatoms. The maximum atomic E-state index is 14.1. The van der Waals surface area contributed by atoms with Crippen molar-refractivity contribution in [2.45, 2.75) is 39.2 Å². The van der Waals surface area contributed by atoms with Crippen molar-refractivity contribution >= 4 is 23.8 Å². The largest absolute Gasteiger partial charge is 0.444 e. The van der Waals surface area contributed by atoms with Crippen molar-refractivity contribution < 1.29 is 18.7 Å². The zero-order valence-corrected chi connectivity index (χ0v) is 16.6. The summed E-state index contributed by atoms with van der Waals surface area (Å²) in [6, 6.07) is 4.67. The highest BCUT2D eigenvalue weighted by Gasteiger charge is 2.30. The van der Waals surface area contributed by atoms with Gasteiger partial charge in [-0.25, -0.2) is 9.18 Å². The third-order valence-electron chi connectivity index (χ3n) is 4.26. The normalized spacial score (nSPS) is 19.7. The van der Waals surface area contributed by atoms with E-state index in [4.69, 9.17) is 21.1 Å². The van der Waals surface area contributed by atoms with Gasteiger partial charge in [-0.3, -0.25) is 0 Å². The zero-order chi connectivity index (χ0) is 19.3. The zero-order valence-electron chi connectivity index (χ0n) is 15.9. The standard InChI is InChI=1S/C20H27ClFNO3/c1-20(2,3)26-19(24)23-9-7-14(16(13-23)8-10-25-4)11-15-5-6-17(21)12-18(15)22/h5-6,11-12,16H,7-10,13H2,1-4H3/b14-11-. The summed E-state index contributed by atoms with van der Waals surface area (Å²) in [7, 11) is 1.65. The lowest BCUT2D eigenvalue weighted by molar-refractivity contribution is 0.0191. The summed E-state index contributed by atoms with van der Waals surface area (Å²) in [6.45, 7) is 7.23. The molecular weight excluding hydrogens is 357 g/mol. The fraction of sp³-hybridized carbons (Fsp3) is 0.550. The van der Waals surface area contributed by atoms with E-state index in [0.717, 1.165) is 12.0 Å². The molecule has 1 unspecified atom stereocenters. The summed E-state index contributed by atoms with van der Waals surface area (Å²) in [6.07, 6.45) is 3.00. The maximum Gasteiger partial charge on any atom is 0.410 e. The Kier molecular flexibility index (Phi) is 7.07. The highest BCUT2D eigenvalue weighted by atomic mass is 35.5. The number of rotatable bonds is 4. The minimum atomic E-state index is -0.526. The summed E-state index contributed by atoms with van der Waals surface area (Å²) >= 11 is 5.83. The molecule has 0 N–H and O–H groups in total. The van der Waals surface area contributed by atoms with E-state index < -0.39 is 5.60 Å². The first-order valence-corrected chi connectivity index (χ1v) is 9.20. The Morgan fingerprint density at radius 1 is 1.42 bits per heavy atom. The quantitative estimate of drug-likeness (QED) is 0.721. The molecule has 2 rings (SSSR count). The average Bonchev–Trinajstić information content (AvgIpc) is 2.54. The molecule has 0 aromatic heterocycles. The van der Waals surface area contributed by atoms with E-state index >= 15 is 0 Å². The van der Waals surface area contributed by atoms with E-state index in [1.807, 2.05) is 26.8 Å². The second kappa shape index (κ2) is 8.87. The molecule has 0 aliphatic carbocycles. The molecule has 1 atom stereocenters. The smallest absolute Gasteiger partial charge is 0.410 e. The third-order valence-corrected chi connectivity index (χ3v) is 4.50. The first-order valence-electron chi connectivity index (χ1n) is 8.82. The van der Waals surface area contributed by atoms with E-state index in [2.05, 4.69) is 0 Å². The molecule has 1 aromatic rings. The van der Waals surface area contributed by atoms with Crippen molar-refractivity contribution in [2.75, 3.05) is 26.8 Å². The van der Waals surface area contributed by atoms with Crippen LogP contribution < -0.4 is 0 Å². The molecule has 1 aromatic carbocycles. The van der Waals surface area contributed by atoms with Gasteiger partial charge in [-0.2, -0.15) is 0 Å². The lowest BCUT2D eigenvalue weighted by Crippen LogP contribution is -2.43. The van der Waals surface area contributed by atoms with Gasteiger partial charge in [0.25, 0.3) is 0 Å².